The second kappa shape index (κ2) is 38.7. The van der Waals surface area contributed by atoms with Crippen LogP contribution in [0.3, 0.4) is 0 Å². The molecule has 16 heterocycles. The summed E-state index contributed by atoms with van der Waals surface area (Å²) in [5.74, 6) is 1.52. The van der Waals surface area contributed by atoms with Crippen LogP contribution in [0.1, 0.15) is 148 Å². The first-order valence-corrected chi connectivity index (χ1v) is 39.1. The van der Waals surface area contributed by atoms with Gasteiger partial charge in [-0.05, 0) is 241 Å². The number of likely N-dealkylation sites (tertiary alicyclic amines) is 2. The molecule has 6 fully saturated rings. The van der Waals surface area contributed by atoms with Gasteiger partial charge in [0.1, 0.15) is 75.9 Å². The quantitative estimate of drug-likeness (QED) is 0.0398. The molecule has 108 heavy (non-hydrogen) atoms. The molecule has 0 bridgehead atoms. The van der Waals surface area contributed by atoms with Gasteiger partial charge in [0.2, 0.25) is 0 Å². The number of hydrogen-bond donors (Lipinski definition) is 6. The smallest absolute Gasteiger partial charge is 0.410 e. The molecule has 32 heteroatoms. The Hall–Kier alpha value is -9.31. The number of pyridine rings is 6. The number of aldehydes is 1. The Morgan fingerprint density at radius 2 is 0.972 bits per heavy atom. The molecule has 0 aliphatic carbocycles. The number of H-pyrrole nitrogens is 4. The predicted octanol–water partition coefficient (Wildman–Crippen LogP) is 15.3. The highest BCUT2D eigenvalue weighted by Gasteiger charge is 2.34. The average Bonchev–Trinajstić information content (AvgIpc) is 1.66. The van der Waals surface area contributed by atoms with E-state index >= 15 is 0 Å². The number of aromatic amines is 4. The summed E-state index contributed by atoms with van der Waals surface area (Å²) in [7, 11) is 0. The number of nitrogens with one attached hydrogen (secondary N) is 6. The standard InChI is InChI=1S/C18H21FN6.C17H21BrN4O2.C17H22FN5.C12H12BrFN4.C6H3BrN2.C6H4BrNO/c19-16-17(13-7-10-24(11-13)12-20)22-23-18(16)14-5-4-6-15(21-14)25-8-2-1-3-9-25;1-17(2,3)24-16(23)22-8-7-11(10-22)13-9-14(21-20-13)12-5-4-6-15(18)19-12;18-15-16(12-7-8-19-11-12)21-22-17(15)13-5-4-6-14(20-13)23-9-2-1-3-10-23;13-9-3-1-2-8(16-9)12-10(14)11(17-18-12)7-4-5-15-6-7;7-6-3-1-2-5(4-8)9-6;7-6-3-1-2-5(4-9)8-6/h4-6,13H,1-3,7-11H2,(H,22,23);4-6,9,11H,7-8,10H2,1-3H3,(H,20,21);4-6,12,19H,1-3,7-11H2,(H,21,22);1-3,7,15H,4-6H2,(H,17,18);1-3H;1-4H. The SMILES string of the molecule is CC(C)(C)OC(=O)N1CCC(c2cc(-c3cccc(Br)n3)n[nH]2)C1.Fc1c(-c2cccc(Br)n2)n[nH]c1C1CCNC1.Fc1c(-c2cccc(N3CCCCC3)n2)n[nH]c1C1CCNC1.N#CN1CCC(c2[nH]nc(-c3cccc(N4CCCCC4)n3)c2F)C1.N#Cc1cccc(Br)n1.O=Cc1cccc(Br)n1. The molecule has 6 saturated heterocycles. The van der Waals surface area contributed by atoms with E-state index in [9.17, 15) is 22.8 Å². The van der Waals surface area contributed by atoms with Crippen molar-refractivity contribution >= 4 is 87.7 Å². The molecule has 564 valence electrons. The third kappa shape index (κ3) is 21.8. The molecule has 4 atom stereocenters. The van der Waals surface area contributed by atoms with E-state index in [2.05, 4.69) is 161 Å². The minimum atomic E-state index is -0.470. The number of piperidine rings is 2. The molecular formula is C76H83Br4F3N22O3. The number of halogens is 7. The number of nitriles is 2. The number of carbonyl (C=O) groups excluding carboxylic acids is 2. The van der Waals surface area contributed by atoms with E-state index in [0.717, 1.165) is 111 Å². The molecule has 10 aromatic rings. The first-order chi connectivity index (χ1) is 52.3. The van der Waals surface area contributed by atoms with Gasteiger partial charge in [0, 0.05) is 94.8 Å². The van der Waals surface area contributed by atoms with Gasteiger partial charge in [0.15, 0.2) is 29.9 Å². The van der Waals surface area contributed by atoms with Crippen LogP contribution in [0.5, 0.6) is 0 Å². The Balaban J connectivity index is 0.000000133. The lowest BCUT2D eigenvalue weighted by molar-refractivity contribution is 0.0292. The van der Waals surface area contributed by atoms with Crippen LogP contribution in [0.25, 0.3) is 45.6 Å². The lowest BCUT2D eigenvalue weighted by Crippen LogP contribution is -2.35. The maximum atomic E-state index is 14.9. The summed E-state index contributed by atoms with van der Waals surface area (Å²) in [4.78, 5) is 55.8. The van der Waals surface area contributed by atoms with Crippen molar-refractivity contribution in [3.63, 3.8) is 0 Å². The molecule has 6 aliphatic heterocycles. The number of amides is 1. The highest BCUT2D eigenvalue weighted by Crippen LogP contribution is 2.35. The van der Waals surface area contributed by atoms with Crippen molar-refractivity contribution in [2.24, 2.45) is 0 Å². The lowest BCUT2D eigenvalue weighted by Gasteiger charge is -2.27. The van der Waals surface area contributed by atoms with E-state index in [4.69, 9.17) is 15.3 Å². The fourth-order valence-electron chi connectivity index (χ4n) is 13.2. The van der Waals surface area contributed by atoms with Crippen LogP contribution in [-0.2, 0) is 4.74 Å². The average molecular weight is 1730 g/mol. The van der Waals surface area contributed by atoms with Crippen LogP contribution in [0.15, 0.2) is 134 Å². The maximum Gasteiger partial charge on any atom is 0.410 e. The summed E-state index contributed by atoms with van der Waals surface area (Å²) in [6.07, 6.45) is 13.4. The number of aromatic nitrogens is 14. The van der Waals surface area contributed by atoms with E-state index in [1.807, 2.05) is 87.5 Å². The summed E-state index contributed by atoms with van der Waals surface area (Å²) >= 11 is 12.9. The van der Waals surface area contributed by atoms with Crippen LogP contribution in [-0.4, -0.2) is 177 Å². The van der Waals surface area contributed by atoms with Crippen LogP contribution in [0, 0.1) is 40.2 Å². The highest BCUT2D eigenvalue weighted by molar-refractivity contribution is 9.11. The molecule has 0 aromatic carbocycles. The van der Waals surface area contributed by atoms with E-state index in [-0.39, 0.29) is 58.6 Å². The second-order valence-corrected chi connectivity index (χ2v) is 30.7. The molecule has 0 spiro atoms. The van der Waals surface area contributed by atoms with Gasteiger partial charge in [-0.3, -0.25) is 25.2 Å². The van der Waals surface area contributed by atoms with Gasteiger partial charge in [-0.2, -0.15) is 30.9 Å². The molecule has 6 N–H and O–H groups in total. The number of nitrogens with zero attached hydrogens (tertiary/aromatic N) is 16. The first kappa shape index (κ1) is 79.7. The van der Waals surface area contributed by atoms with Crippen LogP contribution >= 0.6 is 63.7 Å². The molecule has 0 saturated carbocycles. The van der Waals surface area contributed by atoms with Crippen LogP contribution in [0.4, 0.5) is 29.6 Å². The zero-order chi connectivity index (χ0) is 76.1. The van der Waals surface area contributed by atoms with Gasteiger partial charge in [0.25, 0.3) is 0 Å². The van der Waals surface area contributed by atoms with Gasteiger partial charge >= 0.3 is 6.09 Å². The fourth-order valence-corrected chi connectivity index (χ4v) is 14.6. The highest BCUT2D eigenvalue weighted by atomic mass is 79.9. The summed E-state index contributed by atoms with van der Waals surface area (Å²) in [5, 5.41) is 52.2. The monoisotopic (exact) mass is 1720 g/mol. The van der Waals surface area contributed by atoms with E-state index in [1.54, 1.807) is 64.4 Å². The summed E-state index contributed by atoms with van der Waals surface area (Å²) < 4.78 is 52.3. The van der Waals surface area contributed by atoms with Crippen LogP contribution < -0.4 is 20.4 Å². The molecule has 6 aliphatic rings. The van der Waals surface area contributed by atoms with Gasteiger partial charge in [0.05, 0.1) is 39.9 Å². The Labute approximate surface area is 658 Å². The van der Waals surface area contributed by atoms with Crippen molar-refractivity contribution in [2.45, 2.75) is 114 Å². The van der Waals surface area contributed by atoms with Crippen molar-refractivity contribution < 1.29 is 27.5 Å². The number of hydrogen-bond acceptors (Lipinski definition) is 20. The molecule has 10 aromatic heterocycles. The third-order valence-corrected chi connectivity index (χ3v) is 20.5. The second-order valence-electron chi connectivity index (χ2n) is 27.4. The first-order valence-electron chi connectivity index (χ1n) is 35.9. The molecule has 4 unspecified atom stereocenters. The molecular weight excluding hydrogens is 1650 g/mol. The molecule has 25 nitrogen and oxygen atoms in total. The summed E-state index contributed by atoms with van der Waals surface area (Å²) in [6.45, 7) is 15.7. The fraction of sp³-hybridized carbons (Fsp3) is 0.395. The summed E-state index contributed by atoms with van der Waals surface area (Å²) in [5.41, 5.74) is 7.33. The largest absolute Gasteiger partial charge is 0.444 e. The Morgan fingerprint density at radius 1 is 0.509 bits per heavy atom. The zero-order valence-corrected chi connectivity index (χ0v) is 66.3. The number of carbonyl (C=O) groups is 2. The minimum Gasteiger partial charge on any atom is -0.444 e. The van der Waals surface area contributed by atoms with Gasteiger partial charge in [-0.25, -0.2) is 47.9 Å². The van der Waals surface area contributed by atoms with E-state index in [1.165, 1.54) is 38.5 Å². The van der Waals surface area contributed by atoms with E-state index < -0.39 is 5.60 Å². The molecule has 16 rings (SSSR count). The van der Waals surface area contributed by atoms with Crippen molar-refractivity contribution in [3.8, 4) is 57.8 Å². The van der Waals surface area contributed by atoms with Crippen LogP contribution in [0.2, 0.25) is 0 Å². The number of rotatable bonds is 11. The van der Waals surface area contributed by atoms with Gasteiger partial charge in [-0.1, -0.05) is 36.4 Å². The minimum absolute atomic E-state index is 0.0221. The number of ether oxygens (including phenoxy) is 1. The normalized spacial score (nSPS) is 18.1. The maximum absolute atomic E-state index is 14.9. The summed E-state index contributed by atoms with van der Waals surface area (Å²) in [6, 6.07) is 36.9. The zero-order valence-electron chi connectivity index (χ0n) is 59.9. The third-order valence-electron chi connectivity index (χ3n) is 18.7. The van der Waals surface area contributed by atoms with Gasteiger partial charge in [-0.15, -0.1) is 0 Å². The van der Waals surface area contributed by atoms with Gasteiger partial charge < -0.3 is 35.0 Å². The lowest BCUT2D eigenvalue weighted by atomic mass is 10.0. The number of anilines is 2. The Bertz CT molecular complexity index is 4710. The topological polar surface area (TPSA) is 320 Å². The van der Waals surface area contributed by atoms with Crippen molar-refractivity contribution in [3.05, 3.63) is 185 Å². The van der Waals surface area contributed by atoms with E-state index in [0.29, 0.717) is 97.5 Å². The van der Waals surface area contributed by atoms with Crippen molar-refractivity contribution in [1.82, 2.24) is 91.1 Å². The van der Waals surface area contributed by atoms with Crippen molar-refractivity contribution in [1.29, 1.82) is 10.5 Å². The Morgan fingerprint density at radius 3 is 1.42 bits per heavy atom. The Kier molecular flexibility index (Phi) is 28.5. The molecule has 0 radical (unpaired) electrons. The van der Waals surface area contributed by atoms with Crippen molar-refractivity contribution in [2.75, 3.05) is 88.3 Å². The predicted molar refractivity (Wildman–Crippen MR) is 419 cm³/mol. The molecule has 1 amide bonds.